The summed E-state index contributed by atoms with van der Waals surface area (Å²) >= 11 is 0. The van der Waals surface area contributed by atoms with Crippen LogP contribution in [0.4, 0.5) is 0 Å². The standard InChI is InChI=1S/C23H31N3O3/c1-16-4-9-19-20(12-16)29-21(17-5-7-18(28-3)8-6-17)13-23(19,2)25-22(27)14-26-11-10-24-15-26/h5-8,10-11,15-16,19-21H,4,9,12-14H2,1-3H3,(H,25,27)/t16-,19-,20-,21-,23-/m1/s1. The minimum absolute atomic E-state index is 0.0262. The van der Waals surface area contributed by atoms with E-state index in [0.717, 1.165) is 30.6 Å². The highest BCUT2D eigenvalue weighted by atomic mass is 16.5. The number of imidazole rings is 1. The summed E-state index contributed by atoms with van der Waals surface area (Å²) in [5.74, 6) is 1.85. The lowest BCUT2D eigenvalue weighted by Gasteiger charge is -2.52. The summed E-state index contributed by atoms with van der Waals surface area (Å²) in [4.78, 5) is 16.9. The fraction of sp³-hybridized carbons (Fsp3) is 0.565. The molecule has 0 spiro atoms. The Hall–Kier alpha value is -2.34. The Labute approximate surface area is 172 Å². The predicted octanol–water partition coefficient (Wildman–Crippen LogP) is 3.73. The monoisotopic (exact) mass is 397 g/mol. The Morgan fingerprint density at radius 2 is 2.14 bits per heavy atom. The van der Waals surface area contributed by atoms with Crippen LogP contribution < -0.4 is 10.1 Å². The second kappa shape index (κ2) is 8.19. The molecule has 2 aliphatic rings. The average Bonchev–Trinajstić information content (AvgIpc) is 3.20. The number of aromatic nitrogens is 2. The fourth-order valence-corrected chi connectivity index (χ4v) is 5.07. The highest BCUT2D eigenvalue weighted by Gasteiger charge is 2.49. The van der Waals surface area contributed by atoms with E-state index in [1.807, 2.05) is 18.3 Å². The molecule has 1 amide bonds. The summed E-state index contributed by atoms with van der Waals surface area (Å²) in [6, 6.07) is 8.10. The second-order valence-corrected chi connectivity index (χ2v) is 8.87. The SMILES string of the molecule is COc1ccc([C@H]2C[C@@](C)(NC(=O)Cn3ccnc3)[C@@H]3CC[C@@H](C)C[C@H]3O2)cc1. The van der Waals surface area contributed by atoms with E-state index in [-0.39, 0.29) is 30.2 Å². The van der Waals surface area contributed by atoms with Gasteiger partial charge in [-0.25, -0.2) is 4.98 Å². The number of fused-ring (bicyclic) bond motifs is 1. The van der Waals surface area contributed by atoms with Crippen molar-refractivity contribution in [3.8, 4) is 5.75 Å². The molecule has 1 saturated carbocycles. The molecular weight excluding hydrogens is 366 g/mol. The van der Waals surface area contributed by atoms with Crippen LogP contribution in [0, 0.1) is 11.8 Å². The van der Waals surface area contributed by atoms with Crippen molar-refractivity contribution in [2.45, 2.75) is 63.8 Å². The van der Waals surface area contributed by atoms with Crippen molar-refractivity contribution < 1.29 is 14.3 Å². The Kier molecular flexibility index (Phi) is 5.63. The number of carbonyl (C=O) groups is 1. The first kappa shape index (κ1) is 20.0. The van der Waals surface area contributed by atoms with Gasteiger partial charge >= 0.3 is 0 Å². The maximum absolute atomic E-state index is 12.8. The number of nitrogens with one attached hydrogen (secondary N) is 1. The van der Waals surface area contributed by atoms with Crippen molar-refractivity contribution in [2.75, 3.05) is 7.11 Å². The zero-order valence-corrected chi connectivity index (χ0v) is 17.5. The van der Waals surface area contributed by atoms with E-state index in [1.54, 1.807) is 24.2 Å². The minimum Gasteiger partial charge on any atom is -0.497 e. The van der Waals surface area contributed by atoms with Gasteiger partial charge in [-0.2, -0.15) is 0 Å². The summed E-state index contributed by atoms with van der Waals surface area (Å²) in [6.45, 7) is 4.79. The summed E-state index contributed by atoms with van der Waals surface area (Å²) in [6.07, 6.45) is 9.41. The van der Waals surface area contributed by atoms with Gasteiger partial charge in [0.2, 0.25) is 5.91 Å². The molecule has 0 unspecified atom stereocenters. The topological polar surface area (TPSA) is 65.4 Å². The zero-order chi connectivity index (χ0) is 20.4. The Balaban J connectivity index is 1.55. The van der Waals surface area contributed by atoms with Crippen LogP contribution in [0.1, 0.15) is 51.2 Å². The molecule has 5 atom stereocenters. The predicted molar refractivity (Wildman–Crippen MR) is 111 cm³/mol. The van der Waals surface area contributed by atoms with Crippen LogP contribution in [0.3, 0.4) is 0 Å². The minimum atomic E-state index is -0.300. The van der Waals surface area contributed by atoms with Gasteiger partial charge in [-0.1, -0.05) is 25.5 Å². The van der Waals surface area contributed by atoms with Crippen molar-refractivity contribution in [3.63, 3.8) is 0 Å². The number of amides is 1. The molecule has 2 heterocycles. The number of benzene rings is 1. The molecule has 1 aromatic carbocycles. The number of carbonyl (C=O) groups excluding carboxylic acids is 1. The molecule has 1 N–H and O–H groups in total. The van der Waals surface area contributed by atoms with E-state index in [4.69, 9.17) is 9.47 Å². The Bertz CT molecular complexity index is 820. The second-order valence-electron chi connectivity index (χ2n) is 8.87. The third kappa shape index (κ3) is 4.32. The summed E-state index contributed by atoms with van der Waals surface area (Å²) in [7, 11) is 1.67. The molecule has 1 aromatic heterocycles. The molecule has 4 rings (SSSR count). The van der Waals surface area contributed by atoms with E-state index in [0.29, 0.717) is 11.8 Å². The maximum Gasteiger partial charge on any atom is 0.240 e. The first-order chi connectivity index (χ1) is 14.0. The molecule has 0 bridgehead atoms. The number of nitrogens with zero attached hydrogens (tertiary/aromatic N) is 2. The highest BCUT2D eigenvalue weighted by molar-refractivity contribution is 5.76. The van der Waals surface area contributed by atoms with Crippen LogP contribution in [-0.2, 0) is 16.1 Å². The van der Waals surface area contributed by atoms with Gasteiger partial charge in [0.05, 0.1) is 25.6 Å². The number of ether oxygens (including phenoxy) is 2. The normalized spacial score (nSPS) is 31.7. The van der Waals surface area contributed by atoms with E-state index in [1.165, 1.54) is 6.42 Å². The van der Waals surface area contributed by atoms with E-state index >= 15 is 0 Å². The van der Waals surface area contributed by atoms with Crippen LogP contribution in [-0.4, -0.2) is 34.2 Å². The number of methoxy groups -OCH3 is 1. The smallest absolute Gasteiger partial charge is 0.240 e. The van der Waals surface area contributed by atoms with Crippen molar-refractivity contribution in [1.82, 2.24) is 14.9 Å². The molecule has 1 aliphatic carbocycles. The average molecular weight is 398 g/mol. The fourth-order valence-electron chi connectivity index (χ4n) is 5.07. The third-order valence-corrected chi connectivity index (χ3v) is 6.62. The van der Waals surface area contributed by atoms with Crippen LogP contribution in [0.25, 0.3) is 0 Å². The van der Waals surface area contributed by atoms with Gasteiger partial charge in [0.25, 0.3) is 0 Å². The molecule has 2 aromatic rings. The summed E-state index contributed by atoms with van der Waals surface area (Å²) < 4.78 is 13.7. The lowest BCUT2D eigenvalue weighted by Crippen LogP contribution is -2.60. The van der Waals surface area contributed by atoms with Crippen LogP contribution in [0.2, 0.25) is 0 Å². The first-order valence-corrected chi connectivity index (χ1v) is 10.5. The first-order valence-electron chi connectivity index (χ1n) is 10.5. The number of hydrogen-bond donors (Lipinski definition) is 1. The van der Waals surface area contributed by atoms with Gasteiger partial charge in [-0.05, 0) is 43.4 Å². The van der Waals surface area contributed by atoms with Crippen LogP contribution >= 0.6 is 0 Å². The van der Waals surface area contributed by atoms with Crippen molar-refractivity contribution in [3.05, 3.63) is 48.5 Å². The largest absolute Gasteiger partial charge is 0.497 e. The molecule has 1 aliphatic heterocycles. The van der Waals surface area contributed by atoms with Gasteiger partial charge < -0.3 is 19.4 Å². The van der Waals surface area contributed by atoms with Crippen LogP contribution in [0.15, 0.2) is 43.0 Å². The van der Waals surface area contributed by atoms with Crippen molar-refractivity contribution >= 4 is 5.91 Å². The summed E-state index contributed by atoms with van der Waals surface area (Å²) in [5.41, 5.74) is 0.836. The molecular formula is C23H31N3O3. The van der Waals surface area contributed by atoms with Crippen molar-refractivity contribution in [2.24, 2.45) is 11.8 Å². The van der Waals surface area contributed by atoms with E-state index in [9.17, 15) is 4.79 Å². The molecule has 1 saturated heterocycles. The molecule has 6 heteroatoms. The number of hydrogen-bond acceptors (Lipinski definition) is 4. The molecule has 6 nitrogen and oxygen atoms in total. The highest BCUT2D eigenvalue weighted by Crippen LogP contribution is 2.48. The molecule has 2 fully saturated rings. The van der Waals surface area contributed by atoms with Crippen LogP contribution in [0.5, 0.6) is 5.75 Å². The lowest BCUT2D eigenvalue weighted by molar-refractivity contribution is -0.154. The maximum atomic E-state index is 12.8. The van der Waals surface area contributed by atoms with Gasteiger partial charge in [0.15, 0.2) is 0 Å². The van der Waals surface area contributed by atoms with Gasteiger partial charge in [0.1, 0.15) is 12.3 Å². The quantitative estimate of drug-likeness (QED) is 0.835. The molecule has 0 radical (unpaired) electrons. The Morgan fingerprint density at radius 1 is 1.34 bits per heavy atom. The zero-order valence-electron chi connectivity index (χ0n) is 17.5. The van der Waals surface area contributed by atoms with E-state index in [2.05, 4.69) is 36.3 Å². The van der Waals surface area contributed by atoms with Gasteiger partial charge in [0, 0.05) is 30.3 Å². The van der Waals surface area contributed by atoms with E-state index < -0.39 is 0 Å². The molecule has 156 valence electrons. The van der Waals surface area contributed by atoms with Crippen molar-refractivity contribution in [1.29, 1.82) is 0 Å². The third-order valence-electron chi connectivity index (χ3n) is 6.62. The van der Waals surface area contributed by atoms with Gasteiger partial charge in [-0.15, -0.1) is 0 Å². The molecule has 29 heavy (non-hydrogen) atoms. The lowest BCUT2D eigenvalue weighted by atomic mass is 9.66. The Morgan fingerprint density at radius 3 is 2.83 bits per heavy atom. The summed E-state index contributed by atoms with van der Waals surface area (Å²) in [5, 5.41) is 3.38. The van der Waals surface area contributed by atoms with Gasteiger partial charge in [-0.3, -0.25) is 4.79 Å². The number of rotatable bonds is 5.